The number of carbonyl (C=O) groups is 1. The Labute approximate surface area is 142 Å². The van der Waals surface area contributed by atoms with Gasteiger partial charge >= 0.3 is 5.78 Å². The molecule has 124 valence electrons. The summed E-state index contributed by atoms with van der Waals surface area (Å²) in [6, 6.07) is 14.0. The van der Waals surface area contributed by atoms with Crippen LogP contribution < -0.4 is 10.7 Å². The number of anilines is 1. The van der Waals surface area contributed by atoms with Crippen molar-refractivity contribution in [2.24, 2.45) is 0 Å². The second kappa shape index (κ2) is 5.63. The fourth-order valence-corrected chi connectivity index (χ4v) is 2.72. The lowest BCUT2D eigenvalue weighted by molar-refractivity contribution is 0.0997. The Morgan fingerprint density at radius 2 is 1.72 bits per heavy atom. The molecule has 0 fully saturated rings. The van der Waals surface area contributed by atoms with E-state index < -0.39 is 5.91 Å². The predicted octanol–water partition coefficient (Wildman–Crippen LogP) is 4.41. The van der Waals surface area contributed by atoms with Crippen LogP contribution in [0.5, 0.6) is 0 Å². The van der Waals surface area contributed by atoms with Crippen molar-refractivity contribution in [1.82, 2.24) is 0 Å². The largest absolute Gasteiger partial charge is 0.425 e. The highest BCUT2D eigenvalue weighted by Crippen LogP contribution is 2.23. The van der Waals surface area contributed by atoms with Crippen LogP contribution in [0, 0.1) is 13.8 Å². The Balaban J connectivity index is 1.74. The number of aryl methyl sites for hydroxylation is 2. The Hall–Kier alpha value is -3.34. The average molecular weight is 333 g/mol. The van der Waals surface area contributed by atoms with Crippen LogP contribution in [-0.4, -0.2) is 5.91 Å². The molecule has 0 aliphatic rings. The molecule has 5 heteroatoms. The van der Waals surface area contributed by atoms with Gasteiger partial charge in [-0.1, -0.05) is 18.2 Å². The van der Waals surface area contributed by atoms with E-state index in [2.05, 4.69) is 5.32 Å². The fourth-order valence-electron chi connectivity index (χ4n) is 2.72. The number of fused-ring (bicyclic) bond motifs is 2. The molecule has 0 bridgehead atoms. The molecule has 2 aromatic heterocycles. The van der Waals surface area contributed by atoms with Crippen molar-refractivity contribution >= 4 is 33.7 Å². The molecule has 0 saturated heterocycles. The van der Waals surface area contributed by atoms with E-state index in [1.807, 2.05) is 32.0 Å². The Bertz CT molecular complexity index is 1180. The maximum absolute atomic E-state index is 12.5. The van der Waals surface area contributed by atoms with Gasteiger partial charge in [0.05, 0.1) is 5.39 Å². The molecule has 5 nitrogen and oxygen atoms in total. The lowest BCUT2D eigenvalue weighted by Crippen LogP contribution is -2.11. The summed E-state index contributed by atoms with van der Waals surface area (Å²) in [5.74, 6) is -0.351. The molecule has 0 unspecified atom stereocenters. The Morgan fingerprint density at radius 3 is 2.52 bits per heavy atom. The highest BCUT2D eigenvalue weighted by molar-refractivity contribution is 6.04. The third-order valence-electron chi connectivity index (χ3n) is 4.27. The molecule has 2 heterocycles. The number of hydrogen-bond donors (Lipinski definition) is 1. The van der Waals surface area contributed by atoms with E-state index in [9.17, 15) is 9.59 Å². The van der Waals surface area contributed by atoms with Crippen LogP contribution in [0.3, 0.4) is 0 Å². The van der Waals surface area contributed by atoms with Crippen LogP contribution >= 0.6 is 0 Å². The Morgan fingerprint density at radius 1 is 0.920 bits per heavy atom. The predicted molar refractivity (Wildman–Crippen MR) is 96.1 cm³/mol. The maximum Gasteiger partial charge on any atom is 0.302 e. The molecule has 2 aromatic carbocycles. The van der Waals surface area contributed by atoms with Gasteiger partial charge in [0.15, 0.2) is 5.76 Å². The molecule has 0 atom stereocenters. The third-order valence-corrected chi connectivity index (χ3v) is 4.27. The van der Waals surface area contributed by atoms with Crippen molar-refractivity contribution in [3.8, 4) is 0 Å². The molecule has 0 aliphatic carbocycles. The number of para-hydroxylation sites is 1. The molecule has 0 spiro atoms. The zero-order valence-corrected chi connectivity index (χ0v) is 13.8. The van der Waals surface area contributed by atoms with Crippen LogP contribution in [0.25, 0.3) is 22.1 Å². The molecular weight excluding hydrogens is 318 g/mol. The average Bonchev–Trinajstić information content (AvgIpc) is 3.03. The van der Waals surface area contributed by atoms with Crippen molar-refractivity contribution in [2.45, 2.75) is 13.8 Å². The van der Waals surface area contributed by atoms with Crippen LogP contribution in [0.15, 0.2) is 62.2 Å². The zero-order chi connectivity index (χ0) is 17.6. The summed E-state index contributed by atoms with van der Waals surface area (Å²) in [7, 11) is 0. The monoisotopic (exact) mass is 333 g/mol. The van der Waals surface area contributed by atoms with Gasteiger partial charge in [-0.05, 0) is 49.2 Å². The number of amides is 1. The molecule has 1 amide bonds. The van der Waals surface area contributed by atoms with Crippen LogP contribution in [0.4, 0.5) is 5.69 Å². The summed E-state index contributed by atoms with van der Waals surface area (Å²) in [6.45, 7) is 3.97. The summed E-state index contributed by atoms with van der Waals surface area (Å²) in [4.78, 5) is 24.9. The molecule has 4 rings (SSSR count). The van der Waals surface area contributed by atoms with Crippen molar-refractivity contribution < 1.29 is 13.6 Å². The van der Waals surface area contributed by atoms with E-state index >= 15 is 0 Å². The molecule has 0 radical (unpaired) electrons. The lowest BCUT2D eigenvalue weighted by atomic mass is 10.1. The van der Waals surface area contributed by atoms with Gasteiger partial charge in [-0.2, -0.15) is 0 Å². The van der Waals surface area contributed by atoms with Crippen LogP contribution in [-0.2, 0) is 0 Å². The third kappa shape index (κ3) is 2.59. The SMILES string of the molecule is Cc1ccc(NC(=O)c2cc3c(=O)c4ccccc4oc3o2)cc1C. The van der Waals surface area contributed by atoms with Gasteiger partial charge in [-0.3, -0.25) is 9.59 Å². The van der Waals surface area contributed by atoms with Gasteiger partial charge in [0.25, 0.3) is 5.91 Å². The van der Waals surface area contributed by atoms with E-state index in [4.69, 9.17) is 8.83 Å². The second-order valence-electron chi connectivity index (χ2n) is 5.99. The first-order valence-electron chi connectivity index (χ1n) is 7.87. The highest BCUT2D eigenvalue weighted by atomic mass is 16.5. The van der Waals surface area contributed by atoms with Gasteiger partial charge in [-0.15, -0.1) is 0 Å². The van der Waals surface area contributed by atoms with Crippen LogP contribution in [0.2, 0.25) is 0 Å². The number of rotatable bonds is 2. The minimum absolute atomic E-state index is 0.0318. The Kier molecular flexibility index (Phi) is 3.42. The minimum atomic E-state index is -0.432. The smallest absolute Gasteiger partial charge is 0.302 e. The number of nitrogens with one attached hydrogen (secondary N) is 1. The molecule has 0 saturated carbocycles. The van der Waals surface area contributed by atoms with Crippen molar-refractivity contribution in [2.75, 3.05) is 5.32 Å². The number of hydrogen-bond acceptors (Lipinski definition) is 4. The summed E-state index contributed by atoms with van der Waals surface area (Å²) >= 11 is 0. The summed E-state index contributed by atoms with van der Waals surface area (Å²) in [5, 5.41) is 3.48. The lowest BCUT2D eigenvalue weighted by Gasteiger charge is -2.05. The van der Waals surface area contributed by atoms with Gasteiger partial charge in [0.1, 0.15) is 11.0 Å². The molecule has 0 aliphatic heterocycles. The highest BCUT2D eigenvalue weighted by Gasteiger charge is 2.17. The summed E-state index contributed by atoms with van der Waals surface area (Å²) in [6.07, 6.45) is 0. The van der Waals surface area contributed by atoms with Gasteiger partial charge in [0.2, 0.25) is 5.43 Å². The van der Waals surface area contributed by atoms with E-state index in [1.165, 1.54) is 6.07 Å². The normalized spacial score (nSPS) is 11.1. The standard InChI is InChI=1S/C20H15NO4/c1-11-7-8-13(9-12(11)2)21-19(23)17-10-15-18(22)14-5-3-4-6-16(14)24-20(15)25-17/h3-10H,1-2H3,(H,21,23). The summed E-state index contributed by atoms with van der Waals surface area (Å²) < 4.78 is 11.1. The topological polar surface area (TPSA) is 72.5 Å². The molecule has 1 N–H and O–H groups in total. The summed E-state index contributed by atoms with van der Waals surface area (Å²) in [5.41, 5.74) is 3.09. The quantitative estimate of drug-likeness (QED) is 0.590. The van der Waals surface area contributed by atoms with Crippen molar-refractivity contribution in [3.63, 3.8) is 0 Å². The maximum atomic E-state index is 12.5. The second-order valence-corrected chi connectivity index (χ2v) is 5.99. The van der Waals surface area contributed by atoms with Gasteiger partial charge in [0, 0.05) is 11.8 Å². The zero-order valence-electron chi connectivity index (χ0n) is 13.8. The van der Waals surface area contributed by atoms with E-state index in [0.717, 1.165) is 11.1 Å². The van der Waals surface area contributed by atoms with Gasteiger partial charge < -0.3 is 14.2 Å². The first-order valence-corrected chi connectivity index (χ1v) is 7.87. The fraction of sp³-hybridized carbons (Fsp3) is 0.100. The number of furan rings is 1. The van der Waals surface area contributed by atoms with Crippen molar-refractivity contribution in [1.29, 1.82) is 0 Å². The first kappa shape index (κ1) is 15.2. The van der Waals surface area contributed by atoms with E-state index in [0.29, 0.717) is 16.7 Å². The molecular formula is C20H15NO4. The van der Waals surface area contributed by atoms with Crippen molar-refractivity contribution in [3.05, 3.63) is 75.6 Å². The van der Waals surface area contributed by atoms with E-state index in [-0.39, 0.29) is 22.4 Å². The molecule has 4 aromatic rings. The minimum Gasteiger partial charge on any atom is -0.425 e. The number of benzene rings is 2. The van der Waals surface area contributed by atoms with Crippen LogP contribution in [0.1, 0.15) is 21.7 Å². The first-order chi connectivity index (χ1) is 12.0. The van der Waals surface area contributed by atoms with Gasteiger partial charge in [-0.25, -0.2) is 0 Å². The van der Waals surface area contributed by atoms with E-state index in [1.54, 1.807) is 24.3 Å². The molecule has 25 heavy (non-hydrogen) atoms. The number of carbonyl (C=O) groups excluding carboxylic acids is 1.